The molecule has 0 atom stereocenters. The SMILES string of the molecule is CNC(=O)c1cc(Br)cc(C)c1NC(=O)c1cc(Br)[nH]n1.C\C=C/C=N\C(C)=C\Cl. The van der Waals surface area contributed by atoms with E-state index in [1.807, 2.05) is 39.0 Å². The van der Waals surface area contributed by atoms with Crippen molar-refractivity contribution in [1.82, 2.24) is 15.5 Å². The normalized spacial score (nSPS) is 11.4. The number of aliphatic imine (C=N–C) groups is 1. The number of aromatic amines is 1. The first-order valence-corrected chi connectivity index (χ1v) is 10.7. The molecule has 0 unspecified atom stereocenters. The first-order chi connectivity index (χ1) is 14.2. The van der Waals surface area contributed by atoms with Crippen molar-refractivity contribution >= 4 is 67.2 Å². The summed E-state index contributed by atoms with van der Waals surface area (Å²) in [4.78, 5) is 28.1. The Bertz CT molecular complexity index is 984. The average molecular weight is 560 g/mol. The second kappa shape index (κ2) is 13.1. The van der Waals surface area contributed by atoms with Crippen molar-refractivity contribution in [3.63, 3.8) is 0 Å². The summed E-state index contributed by atoms with van der Waals surface area (Å²) < 4.78 is 1.37. The van der Waals surface area contributed by atoms with E-state index in [2.05, 4.69) is 57.7 Å². The quantitative estimate of drug-likeness (QED) is 0.417. The van der Waals surface area contributed by atoms with Crippen LogP contribution >= 0.6 is 43.5 Å². The summed E-state index contributed by atoms with van der Waals surface area (Å²) in [6.45, 7) is 5.59. The highest BCUT2D eigenvalue weighted by Gasteiger charge is 2.18. The van der Waals surface area contributed by atoms with Crippen LogP contribution in [0.15, 0.2) is 55.7 Å². The lowest BCUT2D eigenvalue weighted by Gasteiger charge is -2.13. The van der Waals surface area contributed by atoms with Gasteiger partial charge in [-0.25, -0.2) is 0 Å². The van der Waals surface area contributed by atoms with Gasteiger partial charge in [0.05, 0.1) is 11.3 Å². The van der Waals surface area contributed by atoms with Crippen molar-refractivity contribution in [2.45, 2.75) is 20.8 Å². The van der Waals surface area contributed by atoms with Crippen LogP contribution in [0.2, 0.25) is 0 Å². The van der Waals surface area contributed by atoms with Gasteiger partial charge in [0, 0.05) is 35.0 Å². The molecule has 1 heterocycles. The van der Waals surface area contributed by atoms with Crippen molar-refractivity contribution in [2.75, 3.05) is 12.4 Å². The number of amides is 2. The maximum Gasteiger partial charge on any atom is 0.276 e. The molecule has 1 aromatic heterocycles. The number of nitrogens with one attached hydrogen (secondary N) is 3. The summed E-state index contributed by atoms with van der Waals surface area (Å²) in [5, 5.41) is 11.8. The summed E-state index contributed by atoms with van der Waals surface area (Å²) in [6, 6.07) is 5.04. The summed E-state index contributed by atoms with van der Waals surface area (Å²) in [6.07, 6.45) is 5.46. The summed E-state index contributed by atoms with van der Waals surface area (Å²) in [5.41, 5.74) is 4.10. The lowest BCUT2D eigenvalue weighted by molar-refractivity contribution is 0.0964. The van der Waals surface area contributed by atoms with Crippen LogP contribution < -0.4 is 10.6 Å². The van der Waals surface area contributed by atoms with Crippen molar-refractivity contribution < 1.29 is 9.59 Å². The molecule has 0 aliphatic heterocycles. The zero-order chi connectivity index (χ0) is 22.7. The van der Waals surface area contributed by atoms with E-state index in [1.54, 1.807) is 18.3 Å². The standard InChI is InChI=1S/C13H12Br2N4O2.C7H10ClN/c1-6-3-7(14)4-8(12(20)16-2)11(6)17-13(21)9-5-10(15)19-18-9;1-3-4-5-9-7(2)6-8/h3-5H,1-2H3,(H,16,20)(H,17,21)(H,18,19);3-6H,1-2H3/b;4-3-,7-6+,9-5-. The summed E-state index contributed by atoms with van der Waals surface area (Å²) in [7, 11) is 1.54. The third-order valence-corrected chi connectivity index (χ3v) is 4.68. The van der Waals surface area contributed by atoms with Crippen molar-refractivity contribution in [1.29, 1.82) is 0 Å². The molecule has 7 nitrogen and oxygen atoms in total. The molecule has 0 spiro atoms. The van der Waals surface area contributed by atoms with Crippen LogP contribution in [-0.2, 0) is 0 Å². The number of rotatable bonds is 5. The van der Waals surface area contributed by atoms with Crippen molar-refractivity contribution in [3.05, 3.63) is 67.5 Å². The average Bonchev–Trinajstić information content (AvgIpc) is 3.16. The second-order valence-electron chi connectivity index (χ2n) is 5.83. The van der Waals surface area contributed by atoms with Crippen molar-refractivity contribution in [2.24, 2.45) is 4.99 Å². The van der Waals surface area contributed by atoms with Crippen LogP contribution in [0.4, 0.5) is 5.69 Å². The number of halogens is 3. The number of allylic oxidation sites excluding steroid dienone is 3. The van der Waals surface area contributed by atoms with Gasteiger partial charge in [0.2, 0.25) is 0 Å². The predicted molar refractivity (Wildman–Crippen MR) is 129 cm³/mol. The largest absolute Gasteiger partial charge is 0.355 e. The van der Waals surface area contributed by atoms with Crippen LogP contribution in [0, 0.1) is 6.92 Å². The fraction of sp³-hybridized carbons (Fsp3) is 0.200. The molecule has 0 saturated carbocycles. The highest BCUT2D eigenvalue weighted by atomic mass is 79.9. The first-order valence-electron chi connectivity index (χ1n) is 8.70. The highest BCUT2D eigenvalue weighted by molar-refractivity contribution is 9.10. The number of H-pyrrole nitrogens is 1. The molecule has 10 heteroatoms. The fourth-order valence-corrected chi connectivity index (χ4v) is 3.02. The Balaban J connectivity index is 0.000000424. The van der Waals surface area contributed by atoms with E-state index in [4.69, 9.17) is 11.6 Å². The van der Waals surface area contributed by atoms with E-state index < -0.39 is 5.91 Å². The van der Waals surface area contributed by atoms with Gasteiger partial charge in [0.25, 0.3) is 11.8 Å². The second-order valence-corrected chi connectivity index (χ2v) is 7.82. The lowest BCUT2D eigenvalue weighted by atomic mass is 10.1. The Hall–Kier alpha value is -2.23. The maximum absolute atomic E-state index is 12.2. The van der Waals surface area contributed by atoms with Gasteiger partial charge in [-0.1, -0.05) is 33.6 Å². The molecule has 3 N–H and O–H groups in total. The van der Waals surface area contributed by atoms with E-state index in [0.29, 0.717) is 15.9 Å². The molecule has 2 amide bonds. The number of nitrogens with zero attached hydrogens (tertiary/aromatic N) is 2. The molecule has 0 radical (unpaired) electrons. The van der Waals surface area contributed by atoms with E-state index in [0.717, 1.165) is 15.7 Å². The lowest BCUT2D eigenvalue weighted by Crippen LogP contribution is -2.22. The van der Waals surface area contributed by atoms with Crippen LogP contribution in [0.3, 0.4) is 0 Å². The minimum absolute atomic E-state index is 0.229. The molecular formula is C20H22Br2ClN5O2. The molecule has 160 valence electrons. The number of aryl methyl sites for hydroxylation is 1. The van der Waals surface area contributed by atoms with Gasteiger partial charge in [-0.3, -0.25) is 19.7 Å². The van der Waals surface area contributed by atoms with Gasteiger partial charge in [-0.15, -0.1) is 0 Å². The Morgan fingerprint density at radius 3 is 2.47 bits per heavy atom. The minimum Gasteiger partial charge on any atom is -0.355 e. The smallest absolute Gasteiger partial charge is 0.276 e. The number of carbonyl (C=O) groups is 2. The molecule has 0 aliphatic rings. The van der Waals surface area contributed by atoms with Gasteiger partial charge < -0.3 is 10.6 Å². The Kier molecular flexibility index (Phi) is 11.3. The Morgan fingerprint density at radius 2 is 1.93 bits per heavy atom. The zero-order valence-corrected chi connectivity index (χ0v) is 20.8. The third kappa shape index (κ3) is 8.25. The zero-order valence-electron chi connectivity index (χ0n) is 16.9. The molecular weight excluding hydrogens is 538 g/mol. The Labute approximate surface area is 197 Å². The van der Waals surface area contributed by atoms with E-state index in [1.165, 1.54) is 12.6 Å². The molecule has 0 aliphatic carbocycles. The molecule has 0 bridgehead atoms. The molecule has 30 heavy (non-hydrogen) atoms. The molecule has 0 saturated heterocycles. The van der Waals surface area contributed by atoms with E-state index >= 15 is 0 Å². The summed E-state index contributed by atoms with van der Waals surface area (Å²) in [5.74, 6) is -0.676. The number of anilines is 1. The monoisotopic (exact) mass is 557 g/mol. The molecule has 0 fully saturated rings. The van der Waals surface area contributed by atoms with E-state index in [-0.39, 0.29) is 11.6 Å². The summed E-state index contributed by atoms with van der Waals surface area (Å²) >= 11 is 11.9. The topological polar surface area (TPSA) is 99.2 Å². The highest BCUT2D eigenvalue weighted by Crippen LogP contribution is 2.26. The van der Waals surface area contributed by atoms with Gasteiger partial charge >= 0.3 is 0 Å². The predicted octanol–water partition coefficient (Wildman–Crippen LogP) is 5.59. The number of carbonyl (C=O) groups excluding carboxylic acids is 2. The number of hydrogen-bond donors (Lipinski definition) is 3. The molecule has 1 aromatic carbocycles. The van der Waals surface area contributed by atoms with Crippen LogP contribution in [0.25, 0.3) is 0 Å². The Morgan fingerprint density at radius 1 is 1.23 bits per heavy atom. The van der Waals surface area contributed by atoms with E-state index in [9.17, 15) is 9.59 Å². The minimum atomic E-state index is -0.396. The third-order valence-electron chi connectivity index (χ3n) is 3.50. The van der Waals surface area contributed by atoms with Gasteiger partial charge in [0.1, 0.15) is 4.60 Å². The van der Waals surface area contributed by atoms with Crippen LogP contribution in [0.5, 0.6) is 0 Å². The fourth-order valence-electron chi connectivity index (χ4n) is 2.09. The number of hydrogen-bond acceptors (Lipinski definition) is 4. The van der Waals surface area contributed by atoms with Crippen molar-refractivity contribution in [3.8, 4) is 0 Å². The molecule has 2 rings (SSSR count). The number of aromatic nitrogens is 2. The maximum atomic E-state index is 12.2. The van der Waals surface area contributed by atoms with Gasteiger partial charge in [0.15, 0.2) is 5.69 Å². The molecule has 2 aromatic rings. The van der Waals surface area contributed by atoms with Crippen LogP contribution in [-0.4, -0.2) is 35.3 Å². The van der Waals surface area contributed by atoms with Gasteiger partial charge in [-0.2, -0.15) is 5.10 Å². The first kappa shape index (κ1) is 25.8. The number of benzene rings is 1. The van der Waals surface area contributed by atoms with Crippen LogP contribution in [0.1, 0.15) is 40.3 Å². The van der Waals surface area contributed by atoms with Gasteiger partial charge in [-0.05, 0) is 60.5 Å².